The van der Waals surface area contributed by atoms with Crippen LogP contribution < -0.4 is 0 Å². The second-order valence-electron chi connectivity index (χ2n) is 4.00. The molecule has 0 saturated carbocycles. The number of rotatable bonds is 3. The van der Waals surface area contributed by atoms with Crippen LogP contribution in [0.4, 0.5) is 0 Å². The summed E-state index contributed by atoms with van der Waals surface area (Å²) in [5.41, 5.74) is 0.974. The molecule has 1 N–H and O–H groups in total. The van der Waals surface area contributed by atoms with Crippen LogP contribution in [0.15, 0.2) is 28.3 Å². The maximum absolute atomic E-state index is 8.61. The number of hydrogen-bond acceptors (Lipinski definition) is 4. The Hall–Kier alpha value is -1.26. The van der Waals surface area contributed by atoms with Crippen molar-refractivity contribution < 1.29 is 5.21 Å². The third kappa shape index (κ3) is 3.15. The van der Waals surface area contributed by atoms with Crippen LogP contribution in [-0.2, 0) is 6.54 Å². The summed E-state index contributed by atoms with van der Waals surface area (Å²) < 4.78 is 0. The number of amidine groups is 1. The second-order valence-corrected chi connectivity index (χ2v) is 4.84. The summed E-state index contributed by atoms with van der Waals surface area (Å²) >= 11 is 12.0. The summed E-state index contributed by atoms with van der Waals surface area (Å²) in [4.78, 5) is 6.33. The summed E-state index contributed by atoms with van der Waals surface area (Å²) in [6.07, 6.45) is 2.33. The Kier molecular flexibility index (Phi) is 4.44. The second kappa shape index (κ2) is 6.07. The zero-order chi connectivity index (χ0) is 13.0. The molecule has 0 spiro atoms. The Bertz CT molecular complexity index is 488. The van der Waals surface area contributed by atoms with E-state index in [-0.39, 0.29) is 0 Å². The molecule has 0 amide bonds. The van der Waals surface area contributed by atoms with Crippen molar-refractivity contribution in [2.45, 2.75) is 13.0 Å². The van der Waals surface area contributed by atoms with Gasteiger partial charge in [-0.1, -0.05) is 34.4 Å². The third-order valence-corrected chi connectivity index (χ3v) is 3.32. The zero-order valence-corrected chi connectivity index (χ0v) is 11.2. The monoisotopic (exact) mass is 285 g/mol. The molecule has 0 unspecified atom stereocenters. The van der Waals surface area contributed by atoms with Gasteiger partial charge in [0.15, 0.2) is 0 Å². The average Bonchev–Trinajstić information content (AvgIpc) is 2.35. The Balaban J connectivity index is 2.17. The minimum Gasteiger partial charge on any atom is -0.411 e. The lowest BCUT2D eigenvalue weighted by molar-refractivity contribution is 0.320. The quantitative estimate of drug-likeness (QED) is 0.527. The minimum atomic E-state index is 0.619. The predicted molar refractivity (Wildman–Crippen MR) is 74.1 cm³/mol. The van der Waals surface area contributed by atoms with E-state index in [1.165, 1.54) is 6.21 Å². The van der Waals surface area contributed by atoms with E-state index in [9.17, 15) is 0 Å². The summed E-state index contributed by atoms with van der Waals surface area (Å²) in [5.74, 6) is 0.676. The van der Waals surface area contributed by atoms with Gasteiger partial charge in [0.25, 0.3) is 0 Å². The fraction of sp³-hybridized carbons (Fsp3) is 0.333. The highest BCUT2D eigenvalue weighted by molar-refractivity contribution is 6.35. The van der Waals surface area contributed by atoms with Crippen LogP contribution in [0.2, 0.25) is 10.0 Å². The van der Waals surface area contributed by atoms with Gasteiger partial charge in [-0.05, 0) is 24.1 Å². The maximum Gasteiger partial charge on any atom is 0.146 e. The van der Waals surface area contributed by atoms with Gasteiger partial charge in [-0.2, -0.15) is 0 Å². The van der Waals surface area contributed by atoms with E-state index in [1.54, 1.807) is 6.07 Å². The summed E-state index contributed by atoms with van der Waals surface area (Å²) in [7, 11) is 0. The molecular weight excluding hydrogens is 273 g/mol. The largest absolute Gasteiger partial charge is 0.411 e. The molecule has 0 aliphatic carbocycles. The molecule has 1 heterocycles. The number of halogens is 2. The van der Waals surface area contributed by atoms with Crippen LogP contribution in [-0.4, -0.2) is 35.2 Å². The first-order chi connectivity index (χ1) is 8.70. The summed E-state index contributed by atoms with van der Waals surface area (Å²) in [5, 5.41) is 12.9. The molecular formula is C12H13Cl2N3O. The fourth-order valence-corrected chi connectivity index (χ4v) is 2.33. The van der Waals surface area contributed by atoms with Gasteiger partial charge in [0.2, 0.25) is 0 Å². The molecule has 2 rings (SSSR count). The van der Waals surface area contributed by atoms with Gasteiger partial charge in [-0.3, -0.25) is 4.99 Å². The van der Waals surface area contributed by atoms with Crippen molar-refractivity contribution in [2.24, 2.45) is 10.1 Å². The molecule has 1 aliphatic rings. The van der Waals surface area contributed by atoms with Gasteiger partial charge >= 0.3 is 0 Å². The van der Waals surface area contributed by atoms with Crippen molar-refractivity contribution in [3.8, 4) is 0 Å². The van der Waals surface area contributed by atoms with Crippen molar-refractivity contribution >= 4 is 35.3 Å². The lowest BCUT2D eigenvalue weighted by Crippen LogP contribution is -2.36. The summed E-state index contributed by atoms with van der Waals surface area (Å²) in [6, 6.07) is 5.43. The molecule has 0 atom stereocenters. The molecule has 1 aromatic rings. The van der Waals surface area contributed by atoms with E-state index >= 15 is 0 Å². The molecule has 1 aliphatic heterocycles. The van der Waals surface area contributed by atoms with Crippen LogP contribution in [0, 0.1) is 0 Å². The van der Waals surface area contributed by atoms with E-state index in [4.69, 9.17) is 28.4 Å². The predicted octanol–water partition coefficient (Wildman–Crippen LogP) is 3.06. The van der Waals surface area contributed by atoms with E-state index in [2.05, 4.69) is 10.1 Å². The van der Waals surface area contributed by atoms with E-state index in [0.717, 1.165) is 25.1 Å². The highest BCUT2D eigenvalue weighted by atomic mass is 35.5. The topological polar surface area (TPSA) is 48.2 Å². The SMILES string of the molecule is O/N=C/C1=NCCCN1Cc1ccc(Cl)cc1Cl. The van der Waals surface area contributed by atoms with E-state index in [1.807, 2.05) is 17.0 Å². The first kappa shape index (κ1) is 13.2. The molecule has 4 nitrogen and oxygen atoms in total. The molecule has 18 heavy (non-hydrogen) atoms. The minimum absolute atomic E-state index is 0.619. The van der Waals surface area contributed by atoms with Gasteiger partial charge in [-0.15, -0.1) is 0 Å². The zero-order valence-electron chi connectivity index (χ0n) is 9.68. The first-order valence-corrected chi connectivity index (χ1v) is 6.37. The van der Waals surface area contributed by atoms with Crippen LogP contribution in [0.3, 0.4) is 0 Å². The number of benzene rings is 1. The highest BCUT2D eigenvalue weighted by Crippen LogP contribution is 2.22. The number of oxime groups is 1. The Morgan fingerprint density at radius 3 is 3.00 bits per heavy atom. The van der Waals surface area contributed by atoms with Crippen LogP contribution >= 0.6 is 23.2 Å². The van der Waals surface area contributed by atoms with Crippen LogP contribution in [0.1, 0.15) is 12.0 Å². The number of hydrogen-bond donors (Lipinski definition) is 1. The van der Waals surface area contributed by atoms with Crippen molar-refractivity contribution in [3.63, 3.8) is 0 Å². The molecule has 1 aromatic carbocycles. The normalized spacial score (nSPS) is 16.1. The third-order valence-electron chi connectivity index (χ3n) is 2.73. The number of aliphatic imine (C=N–C) groups is 1. The molecule has 0 bridgehead atoms. The van der Waals surface area contributed by atoms with Crippen molar-refractivity contribution in [1.29, 1.82) is 0 Å². The van der Waals surface area contributed by atoms with Crippen LogP contribution in [0.5, 0.6) is 0 Å². The van der Waals surface area contributed by atoms with Gasteiger partial charge in [0.1, 0.15) is 12.1 Å². The summed E-state index contributed by atoms with van der Waals surface area (Å²) in [6.45, 7) is 2.25. The lowest BCUT2D eigenvalue weighted by Gasteiger charge is -2.27. The van der Waals surface area contributed by atoms with Crippen molar-refractivity contribution in [1.82, 2.24) is 4.90 Å². The highest BCUT2D eigenvalue weighted by Gasteiger charge is 2.15. The molecule has 6 heteroatoms. The average molecular weight is 286 g/mol. The first-order valence-electron chi connectivity index (χ1n) is 5.61. The Labute approximate surface area is 116 Å². The molecule has 0 aromatic heterocycles. The smallest absolute Gasteiger partial charge is 0.146 e. The van der Waals surface area contributed by atoms with Crippen molar-refractivity contribution in [2.75, 3.05) is 13.1 Å². The maximum atomic E-state index is 8.61. The lowest BCUT2D eigenvalue weighted by atomic mass is 10.2. The molecule has 0 saturated heterocycles. The fourth-order valence-electron chi connectivity index (χ4n) is 1.86. The van der Waals surface area contributed by atoms with E-state index in [0.29, 0.717) is 22.4 Å². The number of nitrogens with zero attached hydrogens (tertiary/aromatic N) is 3. The Morgan fingerprint density at radius 1 is 1.44 bits per heavy atom. The van der Waals surface area contributed by atoms with Crippen molar-refractivity contribution in [3.05, 3.63) is 33.8 Å². The molecule has 0 radical (unpaired) electrons. The standard InChI is InChI=1S/C12H13Cl2N3O/c13-10-3-2-9(11(14)6-10)8-17-5-1-4-15-12(17)7-16-18/h2-3,6-7,18H,1,4-5,8H2/b16-7+. The van der Waals surface area contributed by atoms with Gasteiger partial charge in [0, 0.05) is 29.7 Å². The van der Waals surface area contributed by atoms with Gasteiger partial charge in [0.05, 0.1) is 0 Å². The Morgan fingerprint density at radius 2 is 2.28 bits per heavy atom. The van der Waals surface area contributed by atoms with Gasteiger partial charge in [-0.25, -0.2) is 0 Å². The molecule has 0 fully saturated rings. The van der Waals surface area contributed by atoms with E-state index < -0.39 is 0 Å². The van der Waals surface area contributed by atoms with Gasteiger partial charge < -0.3 is 10.1 Å². The van der Waals surface area contributed by atoms with Crippen LogP contribution in [0.25, 0.3) is 0 Å². The molecule has 96 valence electrons.